The summed E-state index contributed by atoms with van der Waals surface area (Å²) >= 11 is 0. The highest BCUT2D eigenvalue weighted by atomic mass is 35.5. The molecule has 0 bridgehead atoms. The van der Waals surface area contributed by atoms with Crippen molar-refractivity contribution in [3.63, 3.8) is 0 Å². The lowest BCUT2D eigenvalue weighted by Crippen LogP contribution is -2.31. The number of benzene rings is 2. The zero-order valence-electron chi connectivity index (χ0n) is 20.6. The second-order valence-corrected chi connectivity index (χ2v) is 9.29. The molecule has 1 amide bonds. The number of carbonyl (C=O) groups is 2. The molecule has 0 saturated carbocycles. The van der Waals surface area contributed by atoms with Crippen molar-refractivity contribution in [2.75, 3.05) is 6.54 Å². The second kappa shape index (κ2) is 10.9. The maximum Gasteiger partial charge on any atom is 0.295 e. The summed E-state index contributed by atoms with van der Waals surface area (Å²) < 4.78 is 1.94. The zero-order chi connectivity index (χ0) is 24.4. The predicted octanol–water partition coefficient (Wildman–Crippen LogP) is 5.56. The number of rotatable bonds is 7. The molecule has 0 aliphatic carbocycles. The number of ketones is 1. The van der Waals surface area contributed by atoms with Crippen LogP contribution in [0.25, 0.3) is 5.76 Å². The van der Waals surface area contributed by atoms with Crippen molar-refractivity contribution in [1.82, 2.24) is 14.5 Å². The summed E-state index contributed by atoms with van der Waals surface area (Å²) in [4.78, 5) is 32.1. The van der Waals surface area contributed by atoms with E-state index in [1.807, 2.05) is 67.1 Å². The maximum atomic E-state index is 13.3. The number of carbonyl (C=O) groups excluding carboxylic acids is 2. The number of halogens is 1. The van der Waals surface area contributed by atoms with Crippen molar-refractivity contribution in [1.29, 1.82) is 0 Å². The smallest absolute Gasteiger partial charge is 0.295 e. The monoisotopic (exact) mass is 493 g/mol. The standard InChI is InChI=1S/C28H31N3O3.ClH/c1-18(2)21-8-10-22(11-9-21)25-24(26(32)23-16-19(3)6-7-20(23)4)27(33)28(34)31(25)14-5-13-30-15-12-29-17-30;/h6-12,15-18,25,32H,5,13-14H2,1-4H3;1H. The van der Waals surface area contributed by atoms with Gasteiger partial charge in [-0.25, -0.2) is 4.98 Å². The van der Waals surface area contributed by atoms with Crippen LogP contribution >= 0.6 is 12.4 Å². The fourth-order valence-corrected chi connectivity index (χ4v) is 4.50. The minimum atomic E-state index is -0.640. The van der Waals surface area contributed by atoms with Crippen LogP contribution in [-0.4, -0.2) is 37.8 Å². The lowest BCUT2D eigenvalue weighted by molar-refractivity contribution is -0.139. The summed E-state index contributed by atoms with van der Waals surface area (Å²) in [6.07, 6.45) is 5.98. The second-order valence-electron chi connectivity index (χ2n) is 9.29. The molecule has 7 heteroatoms. The van der Waals surface area contributed by atoms with Crippen LogP contribution < -0.4 is 0 Å². The lowest BCUT2D eigenvalue weighted by atomic mass is 9.92. The Hall–Kier alpha value is -3.38. The van der Waals surface area contributed by atoms with Crippen molar-refractivity contribution < 1.29 is 14.7 Å². The number of aliphatic hydroxyl groups is 1. The van der Waals surface area contributed by atoms with Crippen LogP contribution in [0.5, 0.6) is 0 Å². The Labute approximate surface area is 212 Å². The number of nitrogens with zero attached hydrogens (tertiary/aromatic N) is 3. The van der Waals surface area contributed by atoms with Crippen LogP contribution in [0, 0.1) is 13.8 Å². The van der Waals surface area contributed by atoms with Gasteiger partial charge in [0.15, 0.2) is 0 Å². The van der Waals surface area contributed by atoms with Crippen molar-refractivity contribution in [2.45, 2.75) is 52.6 Å². The number of imidazole rings is 1. The maximum absolute atomic E-state index is 13.3. The number of hydrogen-bond acceptors (Lipinski definition) is 4. The zero-order valence-corrected chi connectivity index (χ0v) is 21.4. The number of likely N-dealkylation sites (tertiary alicyclic amines) is 1. The van der Waals surface area contributed by atoms with Crippen molar-refractivity contribution >= 4 is 29.9 Å². The van der Waals surface area contributed by atoms with Gasteiger partial charge in [-0.3, -0.25) is 9.59 Å². The molecule has 1 atom stereocenters. The molecule has 1 N–H and O–H groups in total. The summed E-state index contributed by atoms with van der Waals surface area (Å²) in [6, 6.07) is 13.1. The van der Waals surface area contributed by atoms with Crippen LogP contribution in [0.1, 0.15) is 60.0 Å². The first-order valence-corrected chi connectivity index (χ1v) is 11.7. The van der Waals surface area contributed by atoms with Crippen LogP contribution in [-0.2, 0) is 16.1 Å². The van der Waals surface area contributed by atoms with E-state index in [1.54, 1.807) is 17.4 Å². The molecule has 184 valence electrons. The van der Waals surface area contributed by atoms with E-state index in [0.29, 0.717) is 31.0 Å². The number of aryl methyl sites for hydroxylation is 3. The minimum Gasteiger partial charge on any atom is -0.507 e. The molecule has 3 aromatic rings. The van der Waals surface area contributed by atoms with Gasteiger partial charge in [-0.1, -0.05) is 55.8 Å². The van der Waals surface area contributed by atoms with E-state index in [-0.39, 0.29) is 23.7 Å². The molecule has 4 rings (SSSR count). The van der Waals surface area contributed by atoms with Gasteiger partial charge < -0.3 is 14.6 Å². The fraction of sp³-hybridized carbons (Fsp3) is 0.321. The summed E-state index contributed by atoms with van der Waals surface area (Å²) in [5, 5.41) is 11.3. The lowest BCUT2D eigenvalue weighted by Gasteiger charge is -2.26. The van der Waals surface area contributed by atoms with Gasteiger partial charge in [0.25, 0.3) is 11.7 Å². The van der Waals surface area contributed by atoms with Gasteiger partial charge in [0.2, 0.25) is 0 Å². The Morgan fingerprint density at radius 2 is 1.77 bits per heavy atom. The van der Waals surface area contributed by atoms with Crippen LogP contribution in [0.2, 0.25) is 0 Å². The molecule has 6 nitrogen and oxygen atoms in total. The Kier molecular flexibility index (Phi) is 8.18. The van der Waals surface area contributed by atoms with E-state index >= 15 is 0 Å². The van der Waals surface area contributed by atoms with Crippen LogP contribution in [0.15, 0.2) is 66.8 Å². The first-order valence-electron chi connectivity index (χ1n) is 11.7. The third-order valence-corrected chi connectivity index (χ3v) is 6.48. The molecule has 2 aromatic carbocycles. The van der Waals surface area contributed by atoms with Gasteiger partial charge >= 0.3 is 0 Å². The van der Waals surface area contributed by atoms with Gasteiger partial charge in [-0.2, -0.15) is 0 Å². The molecule has 0 spiro atoms. The molecule has 1 unspecified atom stereocenters. The number of aromatic nitrogens is 2. The van der Waals surface area contributed by atoms with Crippen LogP contribution in [0.4, 0.5) is 0 Å². The first-order chi connectivity index (χ1) is 16.3. The van der Waals surface area contributed by atoms with Gasteiger partial charge in [-0.05, 0) is 48.9 Å². The van der Waals surface area contributed by atoms with Crippen molar-refractivity contribution in [3.8, 4) is 0 Å². The number of amides is 1. The molecule has 2 heterocycles. The highest BCUT2D eigenvalue weighted by Crippen LogP contribution is 2.40. The van der Waals surface area contributed by atoms with Crippen LogP contribution in [0.3, 0.4) is 0 Å². The minimum absolute atomic E-state index is 0. The molecule has 1 aromatic heterocycles. The Bertz CT molecular complexity index is 1230. The summed E-state index contributed by atoms with van der Waals surface area (Å²) in [6.45, 7) is 9.15. The molecular formula is C28H32ClN3O3. The largest absolute Gasteiger partial charge is 0.507 e. The van der Waals surface area contributed by atoms with Gasteiger partial charge in [0.05, 0.1) is 17.9 Å². The topological polar surface area (TPSA) is 75.4 Å². The third kappa shape index (κ3) is 5.33. The normalized spacial score (nSPS) is 17.2. The van der Waals surface area contributed by atoms with E-state index in [4.69, 9.17) is 0 Å². The molecule has 35 heavy (non-hydrogen) atoms. The SMILES string of the molecule is Cc1ccc(C)c(C(O)=C2C(=O)C(=O)N(CCCn3ccnc3)C2c2ccc(C(C)C)cc2)c1.Cl. The van der Waals surface area contributed by atoms with Crippen molar-refractivity contribution in [3.05, 3.63) is 94.6 Å². The summed E-state index contributed by atoms with van der Waals surface area (Å²) in [5.41, 5.74) is 4.55. The molecule has 1 aliphatic rings. The van der Waals surface area contributed by atoms with E-state index in [0.717, 1.165) is 16.7 Å². The van der Waals surface area contributed by atoms with Gasteiger partial charge in [0, 0.05) is 31.0 Å². The van der Waals surface area contributed by atoms with E-state index in [1.165, 1.54) is 5.56 Å². The number of aliphatic hydroxyl groups excluding tert-OH is 1. The summed E-state index contributed by atoms with van der Waals surface area (Å²) in [7, 11) is 0. The predicted molar refractivity (Wildman–Crippen MR) is 140 cm³/mol. The fourth-order valence-electron chi connectivity index (χ4n) is 4.50. The third-order valence-electron chi connectivity index (χ3n) is 6.48. The summed E-state index contributed by atoms with van der Waals surface area (Å²) in [5.74, 6) is -0.963. The quantitative estimate of drug-likeness (QED) is 0.266. The molecule has 1 aliphatic heterocycles. The van der Waals surface area contributed by atoms with Gasteiger partial charge in [0.1, 0.15) is 5.76 Å². The molecule has 0 radical (unpaired) electrons. The average Bonchev–Trinajstić information content (AvgIpc) is 3.42. The van der Waals surface area contributed by atoms with Gasteiger partial charge in [-0.15, -0.1) is 12.4 Å². The highest BCUT2D eigenvalue weighted by molar-refractivity contribution is 6.46. The Morgan fingerprint density at radius 3 is 2.40 bits per heavy atom. The number of hydrogen-bond donors (Lipinski definition) is 1. The first kappa shape index (κ1) is 26.2. The molecule has 1 saturated heterocycles. The molecule has 1 fully saturated rings. The average molecular weight is 494 g/mol. The Balaban J connectivity index is 0.00000342. The van der Waals surface area contributed by atoms with Crippen molar-refractivity contribution in [2.24, 2.45) is 0 Å². The Morgan fingerprint density at radius 1 is 1.06 bits per heavy atom. The number of Topliss-reactive ketones (excluding diaryl/α,β-unsaturated/α-hetero) is 1. The van der Waals surface area contributed by atoms with E-state index < -0.39 is 17.7 Å². The van der Waals surface area contributed by atoms with E-state index in [2.05, 4.69) is 18.8 Å². The van der Waals surface area contributed by atoms with E-state index in [9.17, 15) is 14.7 Å². The highest BCUT2D eigenvalue weighted by Gasteiger charge is 2.45. The molecular weight excluding hydrogens is 462 g/mol.